The summed E-state index contributed by atoms with van der Waals surface area (Å²) in [6, 6.07) is 10.5. The fraction of sp³-hybridized carbons (Fsp3) is 0.385. The summed E-state index contributed by atoms with van der Waals surface area (Å²) < 4.78 is 49.5. The van der Waals surface area contributed by atoms with Crippen LogP contribution >= 0.6 is 0 Å². The van der Waals surface area contributed by atoms with Gasteiger partial charge in [0.25, 0.3) is 5.91 Å². The van der Waals surface area contributed by atoms with Crippen molar-refractivity contribution < 1.29 is 37.0 Å². The largest absolute Gasteiger partial charge is 0.573 e. The molecule has 9 nitrogen and oxygen atoms in total. The SMILES string of the molecule is Cn1nc(C2CCC(=O)NC2=O)c2cccc(OC3CCN(C(=O)c4cccc(OC(F)(F)F)c4)CC3)c21. The average Bonchev–Trinajstić information content (AvgIpc) is 3.20. The lowest BCUT2D eigenvalue weighted by Gasteiger charge is -2.32. The minimum absolute atomic E-state index is 0.117. The smallest absolute Gasteiger partial charge is 0.488 e. The number of carbonyl (C=O) groups excluding carboxylic acids is 3. The highest BCUT2D eigenvalue weighted by molar-refractivity contribution is 6.03. The van der Waals surface area contributed by atoms with Crippen molar-refractivity contribution in [3.63, 3.8) is 0 Å². The molecule has 2 aliphatic rings. The van der Waals surface area contributed by atoms with E-state index in [1.165, 1.54) is 12.1 Å². The van der Waals surface area contributed by atoms with E-state index in [1.54, 1.807) is 16.6 Å². The van der Waals surface area contributed by atoms with Gasteiger partial charge in [-0.05, 0) is 30.7 Å². The van der Waals surface area contributed by atoms with E-state index in [2.05, 4.69) is 15.2 Å². The van der Waals surface area contributed by atoms with E-state index in [0.717, 1.165) is 23.0 Å². The highest BCUT2D eigenvalue weighted by Gasteiger charge is 2.33. The molecule has 1 unspecified atom stereocenters. The van der Waals surface area contributed by atoms with Gasteiger partial charge in [-0.15, -0.1) is 13.2 Å². The Kier molecular flexibility index (Phi) is 6.72. The molecule has 2 fully saturated rings. The molecular weight excluding hydrogens is 505 g/mol. The van der Waals surface area contributed by atoms with Crippen molar-refractivity contribution in [1.29, 1.82) is 0 Å². The van der Waals surface area contributed by atoms with E-state index in [9.17, 15) is 27.6 Å². The zero-order valence-corrected chi connectivity index (χ0v) is 20.5. The topological polar surface area (TPSA) is 103 Å². The van der Waals surface area contributed by atoms with Crippen molar-refractivity contribution in [3.8, 4) is 11.5 Å². The number of piperidine rings is 2. The Bertz CT molecular complexity index is 1400. The third kappa shape index (κ3) is 5.29. The van der Waals surface area contributed by atoms with Gasteiger partial charge in [-0.2, -0.15) is 5.10 Å². The summed E-state index contributed by atoms with van der Waals surface area (Å²) in [7, 11) is 1.77. The zero-order valence-electron chi connectivity index (χ0n) is 20.5. The first-order valence-corrected chi connectivity index (χ1v) is 12.2. The van der Waals surface area contributed by atoms with Crippen LogP contribution in [-0.2, 0) is 16.6 Å². The van der Waals surface area contributed by atoms with Crippen molar-refractivity contribution in [1.82, 2.24) is 20.0 Å². The van der Waals surface area contributed by atoms with Crippen LogP contribution < -0.4 is 14.8 Å². The maximum absolute atomic E-state index is 12.9. The lowest BCUT2D eigenvalue weighted by Crippen LogP contribution is -2.41. The number of carbonyl (C=O) groups is 3. The normalized spacial score (nSPS) is 18.9. The first-order chi connectivity index (χ1) is 18.1. The molecule has 0 spiro atoms. The number of fused-ring (bicyclic) bond motifs is 1. The van der Waals surface area contributed by atoms with Gasteiger partial charge in [0, 0.05) is 50.3 Å². The van der Waals surface area contributed by atoms with Gasteiger partial charge in [0.2, 0.25) is 11.8 Å². The van der Waals surface area contributed by atoms with Crippen molar-refractivity contribution in [2.75, 3.05) is 13.1 Å². The van der Waals surface area contributed by atoms with Crippen molar-refractivity contribution >= 4 is 28.6 Å². The summed E-state index contributed by atoms with van der Waals surface area (Å²) >= 11 is 0. The maximum atomic E-state index is 12.9. The Morgan fingerprint density at radius 3 is 2.53 bits per heavy atom. The van der Waals surface area contributed by atoms with E-state index >= 15 is 0 Å². The fourth-order valence-electron chi connectivity index (χ4n) is 5.00. The van der Waals surface area contributed by atoms with Crippen LogP contribution in [0.2, 0.25) is 0 Å². The Labute approximate surface area is 215 Å². The number of aromatic nitrogens is 2. The van der Waals surface area contributed by atoms with E-state index in [0.29, 0.717) is 43.8 Å². The fourth-order valence-corrected chi connectivity index (χ4v) is 5.00. The van der Waals surface area contributed by atoms with Crippen LogP contribution in [0.4, 0.5) is 13.2 Å². The minimum Gasteiger partial charge on any atom is -0.488 e. The van der Waals surface area contributed by atoms with Crippen molar-refractivity contribution in [2.45, 2.75) is 44.1 Å². The number of halogens is 3. The van der Waals surface area contributed by atoms with Crippen LogP contribution in [-0.4, -0.2) is 58.0 Å². The Hall–Kier alpha value is -4.09. The summed E-state index contributed by atoms with van der Waals surface area (Å²) in [6.45, 7) is 0.744. The number of benzene rings is 2. The number of amides is 3. The monoisotopic (exact) mass is 530 g/mol. The molecule has 1 aromatic heterocycles. The van der Waals surface area contributed by atoms with Crippen molar-refractivity contribution in [2.24, 2.45) is 7.05 Å². The van der Waals surface area contributed by atoms with Gasteiger partial charge in [-0.1, -0.05) is 18.2 Å². The van der Waals surface area contributed by atoms with E-state index in [-0.39, 0.29) is 35.8 Å². The van der Waals surface area contributed by atoms with Crippen LogP contribution in [0.15, 0.2) is 42.5 Å². The molecule has 3 aromatic rings. The maximum Gasteiger partial charge on any atom is 0.573 e. The number of ether oxygens (including phenoxy) is 2. The van der Waals surface area contributed by atoms with Gasteiger partial charge in [-0.25, -0.2) is 0 Å². The number of para-hydroxylation sites is 1. The molecule has 3 amide bonds. The molecule has 2 aromatic carbocycles. The highest BCUT2D eigenvalue weighted by Crippen LogP contribution is 2.35. The number of rotatable bonds is 5. The summed E-state index contributed by atoms with van der Waals surface area (Å²) in [4.78, 5) is 38.4. The van der Waals surface area contributed by atoms with Gasteiger partial charge < -0.3 is 14.4 Å². The second-order valence-corrected chi connectivity index (χ2v) is 9.35. The first kappa shape index (κ1) is 25.6. The molecule has 200 valence electrons. The molecule has 0 aliphatic carbocycles. The van der Waals surface area contributed by atoms with Crippen LogP contribution in [0.5, 0.6) is 11.5 Å². The molecule has 0 radical (unpaired) electrons. The number of aryl methyl sites for hydroxylation is 1. The quantitative estimate of drug-likeness (QED) is 0.505. The second kappa shape index (κ2) is 9.99. The number of imide groups is 1. The number of likely N-dealkylation sites (tertiary alicyclic amines) is 1. The molecule has 0 saturated carbocycles. The zero-order chi connectivity index (χ0) is 27.0. The Morgan fingerprint density at radius 1 is 1.08 bits per heavy atom. The number of nitrogens with one attached hydrogen (secondary N) is 1. The van der Waals surface area contributed by atoms with Gasteiger partial charge in [0.15, 0.2) is 0 Å². The Morgan fingerprint density at radius 2 is 1.82 bits per heavy atom. The predicted molar refractivity (Wildman–Crippen MR) is 129 cm³/mol. The summed E-state index contributed by atoms with van der Waals surface area (Å²) in [5.74, 6) is -1.40. The van der Waals surface area contributed by atoms with E-state index < -0.39 is 18.0 Å². The van der Waals surface area contributed by atoms with Crippen LogP contribution in [0.1, 0.15) is 47.7 Å². The summed E-state index contributed by atoms with van der Waals surface area (Å²) in [5.41, 5.74) is 1.44. The molecule has 38 heavy (non-hydrogen) atoms. The molecule has 1 N–H and O–H groups in total. The Balaban J connectivity index is 1.26. The van der Waals surface area contributed by atoms with Crippen LogP contribution in [0.3, 0.4) is 0 Å². The lowest BCUT2D eigenvalue weighted by atomic mass is 9.93. The average molecular weight is 531 g/mol. The summed E-state index contributed by atoms with van der Waals surface area (Å²) in [6.07, 6.45) is -3.34. The number of nitrogens with zero attached hydrogens (tertiary/aromatic N) is 3. The highest BCUT2D eigenvalue weighted by atomic mass is 19.4. The minimum atomic E-state index is -4.84. The van der Waals surface area contributed by atoms with Gasteiger partial charge in [-0.3, -0.25) is 24.4 Å². The standard InChI is InChI=1S/C26H25F3N4O5/c1-32-23-18(22(31-32)19-8-9-21(34)30-24(19)35)6-3-7-20(23)37-16-10-12-33(13-11-16)25(36)15-4-2-5-17(14-15)38-26(27,28)29/h2-7,14,16,19H,8-13H2,1H3,(H,30,34,35). The van der Waals surface area contributed by atoms with Gasteiger partial charge >= 0.3 is 6.36 Å². The van der Waals surface area contributed by atoms with E-state index in [1.807, 2.05) is 18.2 Å². The number of hydrogen-bond donors (Lipinski definition) is 1. The molecule has 2 saturated heterocycles. The van der Waals surface area contributed by atoms with Gasteiger partial charge in [0.05, 0.1) is 11.6 Å². The van der Waals surface area contributed by atoms with Gasteiger partial charge in [0.1, 0.15) is 23.1 Å². The van der Waals surface area contributed by atoms with Crippen LogP contribution in [0.25, 0.3) is 10.9 Å². The molecule has 3 heterocycles. The number of alkyl halides is 3. The molecule has 1 atom stereocenters. The predicted octanol–water partition coefficient (Wildman–Crippen LogP) is 3.68. The molecule has 0 bridgehead atoms. The molecule has 2 aliphatic heterocycles. The molecular formula is C26H25F3N4O5. The van der Waals surface area contributed by atoms with Crippen LogP contribution in [0, 0.1) is 0 Å². The lowest BCUT2D eigenvalue weighted by molar-refractivity contribution is -0.274. The molecule has 12 heteroatoms. The first-order valence-electron chi connectivity index (χ1n) is 12.2. The van der Waals surface area contributed by atoms with E-state index in [4.69, 9.17) is 4.74 Å². The van der Waals surface area contributed by atoms with Crippen molar-refractivity contribution in [3.05, 3.63) is 53.7 Å². The third-order valence-electron chi connectivity index (χ3n) is 6.76. The summed E-state index contributed by atoms with van der Waals surface area (Å²) in [5, 5.41) is 7.72. The second-order valence-electron chi connectivity index (χ2n) is 9.35. The third-order valence-corrected chi connectivity index (χ3v) is 6.76. The number of hydrogen-bond acceptors (Lipinski definition) is 6. The molecule has 5 rings (SSSR count).